The van der Waals surface area contributed by atoms with Crippen molar-refractivity contribution in [2.45, 2.75) is 25.1 Å². The van der Waals surface area contributed by atoms with Gasteiger partial charge in [-0.3, -0.25) is 9.69 Å². The van der Waals surface area contributed by atoms with Gasteiger partial charge in [0.25, 0.3) is 0 Å². The number of aromatic nitrogens is 1. The molecule has 1 unspecified atom stereocenters. The van der Waals surface area contributed by atoms with Crippen LogP contribution in [0.25, 0.3) is 0 Å². The van der Waals surface area contributed by atoms with E-state index in [4.69, 9.17) is 0 Å². The van der Waals surface area contributed by atoms with Gasteiger partial charge in [0.05, 0.1) is 11.2 Å². The van der Waals surface area contributed by atoms with E-state index in [1.54, 1.807) is 5.51 Å². The third kappa shape index (κ3) is 7.52. The molecule has 1 aliphatic heterocycles. The first kappa shape index (κ1) is 23.4. The maximum atomic E-state index is 13.1. The molecule has 0 saturated carbocycles. The first-order valence-electron chi connectivity index (χ1n) is 7.12. The molecule has 1 aromatic heterocycles. The van der Waals surface area contributed by atoms with Crippen LogP contribution >= 0.6 is 36.2 Å². The molecule has 5 nitrogen and oxygen atoms in total. The molecule has 1 aromatic rings. The van der Waals surface area contributed by atoms with Crippen LogP contribution in [0.2, 0.25) is 0 Å². The van der Waals surface area contributed by atoms with Crippen molar-refractivity contribution >= 4 is 42.1 Å². The minimum Gasteiger partial charge on any atom is -0.354 e. The molecule has 11 heteroatoms. The molecule has 1 fully saturated rings. The van der Waals surface area contributed by atoms with E-state index < -0.39 is 18.8 Å². The van der Waals surface area contributed by atoms with Crippen molar-refractivity contribution in [2.24, 2.45) is 0 Å². The summed E-state index contributed by atoms with van der Waals surface area (Å²) in [5.74, 6) is -0.377. The summed E-state index contributed by atoms with van der Waals surface area (Å²) < 4.78 is 39.4. The highest BCUT2D eigenvalue weighted by Gasteiger charge is 2.43. The van der Waals surface area contributed by atoms with Crippen molar-refractivity contribution in [3.63, 3.8) is 0 Å². The second-order valence-corrected chi connectivity index (χ2v) is 5.85. The monoisotopic (exact) mass is 408 g/mol. The second kappa shape index (κ2) is 11.1. The van der Waals surface area contributed by atoms with Gasteiger partial charge >= 0.3 is 6.18 Å². The Labute approximate surface area is 155 Å². The number of hydrogen-bond donors (Lipinski definition) is 2. The van der Waals surface area contributed by atoms with Crippen molar-refractivity contribution in [3.8, 4) is 0 Å². The summed E-state index contributed by atoms with van der Waals surface area (Å²) in [4.78, 5) is 17.1. The van der Waals surface area contributed by atoms with Crippen LogP contribution in [-0.2, 0) is 11.2 Å². The van der Waals surface area contributed by atoms with Gasteiger partial charge in [0.15, 0.2) is 0 Å². The van der Waals surface area contributed by atoms with Crippen LogP contribution in [0.1, 0.15) is 12.1 Å². The number of piperazine rings is 1. The molecule has 140 valence electrons. The molecule has 2 rings (SSSR count). The summed E-state index contributed by atoms with van der Waals surface area (Å²) in [5, 5.41) is 7.25. The van der Waals surface area contributed by atoms with Gasteiger partial charge in [0.2, 0.25) is 5.91 Å². The SMILES string of the molecule is Cl.Cl.O=C(CCc1cscn1)NCC(N1CCNCC1)C(F)(F)F. The minimum atomic E-state index is -4.35. The fraction of sp³-hybridized carbons (Fsp3) is 0.692. The molecule has 24 heavy (non-hydrogen) atoms. The highest BCUT2D eigenvalue weighted by molar-refractivity contribution is 7.07. The molecule has 2 heterocycles. The zero-order valence-electron chi connectivity index (χ0n) is 12.8. The normalized spacial score (nSPS) is 16.6. The van der Waals surface area contributed by atoms with Gasteiger partial charge in [0.1, 0.15) is 6.04 Å². The summed E-state index contributed by atoms with van der Waals surface area (Å²) in [6.07, 6.45) is -3.75. The standard InChI is InChI=1S/C13H19F3N4OS.2ClH/c14-13(15,16)11(20-5-3-17-4-6-20)7-18-12(21)2-1-10-8-22-9-19-10;;/h8-9,11,17H,1-7H2,(H,18,21);2*1H. The predicted molar refractivity (Wildman–Crippen MR) is 92.2 cm³/mol. The lowest BCUT2D eigenvalue weighted by molar-refractivity contribution is -0.184. The molecular weight excluding hydrogens is 388 g/mol. The maximum absolute atomic E-state index is 13.1. The number of halogens is 5. The van der Waals surface area contributed by atoms with Crippen molar-refractivity contribution in [1.82, 2.24) is 20.5 Å². The van der Waals surface area contributed by atoms with Crippen LogP contribution in [0, 0.1) is 0 Å². The van der Waals surface area contributed by atoms with E-state index in [0.717, 1.165) is 5.69 Å². The van der Waals surface area contributed by atoms with E-state index in [0.29, 0.717) is 32.6 Å². The molecule has 0 radical (unpaired) electrons. The van der Waals surface area contributed by atoms with Crippen LogP contribution in [-0.4, -0.2) is 60.7 Å². The number of hydrogen-bond acceptors (Lipinski definition) is 5. The Morgan fingerprint density at radius 3 is 2.58 bits per heavy atom. The summed E-state index contributed by atoms with van der Waals surface area (Å²) in [7, 11) is 0. The summed E-state index contributed by atoms with van der Waals surface area (Å²) in [6.45, 7) is 1.33. The summed E-state index contributed by atoms with van der Waals surface area (Å²) >= 11 is 1.43. The van der Waals surface area contributed by atoms with Gasteiger partial charge in [-0.1, -0.05) is 0 Å². The molecule has 1 aliphatic rings. The van der Waals surface area contributed by atoms with Crippen LogP contribution in [0.5, 0.6) is 0 Å². The van der Waals surface area contributed by atoms with E-state index in [2.05, 4.69) is 15.6 Å². The zero-order chi connectivity index (χ0) is 16.0. The Bertz CT molecular complexity index is 470. The molecular formula is C13H21Cl2F3N4OS. The van der Waals surface area contributed by atoms with Crippen LogP contribution < -0.4 is 10.6 Å². The number of carbonyl (C=O) groups is 1. The Balaban J connectivity index is 0.00000264. The maximum Gasteiger partial charge on any atom is 0.405 e. The summed E-state index contributed by atoms with van der Waals surface area (Å²) in [5.41, 5.74) is 2.45. The van der Waals surface area contributed by atoms with E-state index in [9.17, 15) is 18.0 Å². The van der Waals surface area contributed by atoms with E-state index >= 15 is 0 Å². The molecule has 0 aliphatic carbocycles. The number of carbonyl (C=O) groups excluding carboxylic acids is 1. The number of nitrogens with one attached hydrogen (secondary N) is 2. The number of rotatable bonds is 6. The Morgan fingerprint density at radius 2 is 2.04 bits per heavy atom. The quantitative estimate of drug-likeness (QED) is 0.754. The van der Waals surface area contributed by atoms with Crippen molar-refractivity contribution < 1.29 is 18.0 Å². The third-order valence-corrected chi connectivity index (χ3v) is 4.19. The molecule has 1 amide bonds. The summed E-state index contributed by atoms with van der Waals surface area (Å²) in [6, 6.07) is -1.63. The van der Waals surface area contributed by atoms with Crippen LogP contribution in [0.4, 0.5) is 13.2 Å². The zero-order valence-corrected chi connectivity index (χ0v) is 15.3. The lowest BCUT2D eigenvalue weighted by Crippen LogP contribution is -2.57. The number of alkyl halides is 3. The highest BCUT2D eigenvalue weighted by atomic mass is 35.5. The van der Waals surface area contributed by atoms with Gasteiger partial charge in [-0.15, -0.1) is 36.2 Å². The Hall–Kier alpha value is -0.610. The first-order chi connectivity index (χ1) is 10.5. The van der Waals surface area contributed by atoms with Gasteiger partial charge < -0.3 is 10.6 Å². The molecule has 0 spiro atoms. The molecule has 0 aromatic carbocycles. The highest BCUT2D eigenvalue weighted by Crippen LogP contribution is 2.24. The third-order valence-electron chi connectivity index (χ3n) is 3.55. The van der Waals surface area contributed by atoms with Gasteiger partial charge in [-0.2, -0.15) is 13.2 Å². The Kier molecular flexibility index (Phi) is 10.8. The van der Waals surface area contributed by atoms with Crippen molar-refractivity contribution in [1.29, 1.82) is 0 Å². The van der Waals surface area contributed by atoms with Crippen LogP contribution in [0.15, 0.2) is 10.9 Å². The Morgan fingerprint density at radius 1 is 1.38 bits per heavy atom. The van der Waals surface area contributed by atoms with E-state index in [1.807, 2.05) is 5.38 Å². The first-order valence-corrected chi connectivity index (χ1v) is 8.06. The van der Waals surface area contributed by atoms with Gasteiger partial charge in [-0.05, 0) is 6.42 Å². The average molecular weight is 409 g/mol. The van der Waals surface area contributed by atoms with Gasteiger partial charge in [-0.25, -0.2) is 4.98 Å². The fourth-order valence-corrected chi connectivity index (χ4v) is 2.94. The largest absolute Gasteiger partial charge is 0.405 e. The van der Waals surface area contributed by atoms with Crippen molar-refractivity contribution in [2.75, 3.05) is 32.7 Å². The molecule has 1 atom stereocenters. The molecule has 1 saturated heterocycles. The number of nitrogens with zero attached hydrogens (tertiary/aromatic N) is 2. The predicted octanol–water partition coefficient (Wildman–Crippen LogP) is 1.87. The van der Waals surface area contributed by atoms with Crippen LogP contribution in [0.3, 0.4) is 0 Å². The number of amides is 1. The average Bonchev–Trinajstić information content (AvgIpc) is 2.98. The fourth-order valence-electron chi connectivity index (χ4n) is 2.35. The smallest absolute Gasteiger partial charge is 0.354 e. The topological polar surface area (TPSA) is 57.3 Å². The lowest BCUT2D eigenvalue weighted by atomic mass is 10.2. The minimum absolute atomic E-state index is 0. The van der Waals surface area contributed by atoms with E-state index in [-0.39, 0.29) is 37.1 Å². The van der Waals surface area contributed by atoms with E-state index in [1.165, 1.54) is 16.2 Å². The lowest BCUT2D eigenvalue weighted by Gasteiger charge is -2.35. The second-order valence-electron chi connectivity index (χ2n) is 5.13. The van der Waals surface area contributed by atoms with Gasteiger partial charge in [0, 0.05) is 44.5 Å². The van der Waals surface area contributed by atoms with Crippen molar-refractivity contribution in [3.05, 3.63) is 16.6 Å². The number of aryl methyl sites for hydroxylation is 1. The molecule has 2 N–H and O–H groups in total. The molecule has 0 bridgehead atoms. The number of thiazole rings is 1.